The van der Waals surface area contributed by atoms with E-state index in [1.54, 1.807) is 13.4 Å². The molecule has 0 fully saturated rings. The van der Waals surface area contributed by atoms with Crippen LogP contribution in [0.5, 0.6) is 5.75 Å². The van der Waals surface area contributed by atoms with Crippen LogP contribution < -0.4 is 10.1 Å². The van der Waals surface area contributed by atoms with E-state index in [1.807, 2.05) is 66.2 Å². The Bertz CT molecular complexity index is 1040. The Morgan fingerprint density at radius 3 is 2.70 bits per heavy atom. The molecule has 2 aromatic carbocycles. The molecule has 136 valence electrons. The van der Waals surface area contributed by atoms with Crippen molar-refractivity contribution < 1.29 is 9.15 Å². The zero-order valence-corrected chi connectivity index (χ0v) is 15.1. The second-order valence-corrected chi connectivity index (χ2v) is 6.10. The molecule has 7 heteroatoms. The first-order valence-electron chi connectivity index (χ1n) is 8.53. The minimum absolute atomic E-state index is 0.342. The fraction of sp³-hybridized carbons (Fsp3) is 0.150. The topological polar surface area (TPSA) is 78.0 Å². The van der Waals surface area contributed by atoms with Crippen LogP contribution in [0.2, 0.25) is 0 Å². The lowest BCUT2D eigenvalue weighted by atomic mass is 10.2. The molecule has 0 atom stereocenters. The van der Waals surface area contributed by atoms with Gasteiger partial charge in [0.25, 0.3) is 0 Å². The van der Waals surface area contributed by atoms with Gasteiger partial charge in [-0.25, -0.2) is 4.98 Å². The molecular weight excluding hydrogens is 342 g/mol. The van der Waals surface area contributed by atoms with Crippen molar-refractivity contribution in [2.75, 3.05) is 12.4 Å². The second-order valence-electron chi connectivity index (χ2n) is 6.10. The van der Waals surface area contributed by atoms with E-state index < -0.39 is 0 Å². The lowest BCUT2D eigenvalue weighted by molar-refractivity contribution is 0.413. The maximum Gasteiger partial charge on any atom is 0.320 e. The van der Waals surface area contributed by atoms with Gasteiger partial charge in [0.05, 0.1) is 31.2 Å². The second kappa shape index (κ2) is 7.33. The summed E-state index contributed by atoms with van der Waals surface area (Å²) in [4.78, 5) is 4.25. The van der Waals surface area contributed by atoms with Crippen LogP contribution in [-0.2, 0) is 6.42 Å². The summed E-state index contributed by atoms with van der Waals surface area (Å²) in [6.07, 6.45) is 4.30. The van der Waals surface area contributed by atoms with E-state index in [0.717, 1.165) is 22.6 Å². The first-order chi connectivity index (χ1) is 13.2. The minimum atomic E-state index is 0.342. The summed E-state index contributed by atoms with van der Waals surface area (Å²) < 4.78 is 13.1. The predicted molar refractivity (Wildman–Crippen MR) is 102 cm³/mol. The number of anilines is 2. The highest BCUT2D eigenvalue weighted by Crippen LogP contribution is 2.28. The van der Waals surface area contributed by atoms with E-state index in [0.29, 0.717) is 24.1 Å². The fourth-order valence-electron chi connectivity index (χ4n) is 2.79. The van der Waals surface area contributed by atoms with Gasteiger partial charge >= 0.3 is 6.01 Å². The number of imidazole rings is 1. The number of hydrogen-bond donors (Lipinski definition) is 1. The normalized spacial score (nSPS) is 10.7. The zero-order chi connectivity index (χ0) is 18.6. The van der Waals surface area contributed by atoms with E-state index in [4.69, 9.17) is 9.15 Å². The Kier molecular flexibility index (Phi) is 4.57. The molecule has 27 heavy (non-hydrogen) atoms. The lowest BCUT2D eigenvalue weighted by Gasteiger charge is -2.11. The molecule has 0 bridgehead atoms. The zero-order valence-electron chi connectivity index (χ0n) is 15.1. The summed E-state index contributed by atoms with van der Waals surface area (Å²) >= 11 is 0. The smallest absolute Gasteiger partial charge is 0.320 e. The van der Waals surface area contributed by atoms with Crippen molar-refractivity contribution >= 4 is 11.7 Å². The fourth-order valence-corrected chi connectivity index (χ4v) is 2.79. The van der Waals surface area contributed by atoms with Gasteiger partial charge < -0.3 is 19.0 Å². The van der Waals surface area contributed by atoms with Crippen LogP contribution in [-0.4, -0.2) is 26.9 Å². The molecular formula is C20H19N5O2. The van der Waals surface area contributed by atoms with Crippen molar-refractivity contribution in [1.82, 2.24) is 19.7 Å². The van der Waals surface area contributed by atoms with Crippen LogP contribution in [0.25, 0.3) is 5.69 Å². The molecule has 0 unspecified atom stereocenters. The van der Waals surface area contributed by atoms with Crippen molar-refractivity contribution in [3.05, 3.63) is 78.2 Å². The summed E-state index contributed by atoms with van der Waals surface area (Å²) in [5, 5.41) is 11.3. The third-order valence-corrected chi connectivity index (χ3v) is 4.09. The highest BCUT2D eigenvalue weighted by molar-refractivity contribution is 5.61. The number of methoxy groups -OCH3 is 1. The van der Waals surface area contributed by atoms with Crippen molar-refractivity contribution in [3.63, 3.8) is 0 Å². The highest BCUT2D eigenvalue weighted by atomic mass is 16.5. The Balaban J connectivity index is 1.51. The maximum atomic E-state index is 5.69. The first-order valence-corrected chi connectivity index (χ1v) is 8.53. The monoisotopic (exact) mass is 361 g/mol. The maximum absolute atomic E-state index is 5.69. The standard InChI is InChI=1S/C20H19N5O2/c1-14-12-25(13-21-14)17-9-8-16(11-18(17)26-2)22-20-24-23-19(27-20)10-15-6-4-3-5-7-15/h3-9,11-13H,10H2,1-2H3,(H,22,24). The average Bonchev–Trinajstić information content (AvgIpc) is 3.31. The van der Waals surface area contributed by atoms with Crippen LogP contribution in [0.4, 0.5) is 11.7 Å². The number of hydrogen-bond acceptors (Lipinski definition) is 6. The van der Waals surface area contributed by atoms with Crippen molar-refractivity contribution in [3.8, 4) is 11.4 Å². The first kappa shape index (κ1) is 16.8. The summed E-state index contributed by atoms with van der Waals surface area (Å²) in [6, 6.07) is 16.1. The van der Waals surface area contributed by atoms with Gasteiger partial charge in [-0.2, -0.15) is 0 Å². The largest absolute Gasteiger partial charge is 0.494 e. The number of nitrogens with one attached hydrogen (secondary N) is 1. The molecule has 4 aromatic rings. The van der Waals surface area contributed by atoms with Crippen molar-refractivity contribution in [1.29, 1.82) is 0 Å². The van der Waals surface area contributed by atoms with Crippen molar-refractivity contribution in [2.24, 2.45) is 0 Å². The molecule has 0 spiro atoms. The Labute approximate surface area is 156 Å². The van der Waals surface area contributed by atoms with E-state index in [9.17, 15) is 0 Å². The van der Waals surface area contributed by atoms with Crippen LogP contribution in [0.1, 0.15) is 17.1 Å². The lowest BCUT2D eigenvalue weighted by Crippen LogP contribution is -1.98. The molecule has 0 aliphatic rings. The number of aromatic nitrogens is 4. The van der Waals surface area contributed by atoms with E-state index in [-0.39, 0.29) is 0 Å². The van der Waals surface area contributed by atoms with Gasteiger partial charge in [-0.15, -0.1) is 5.10 Å². The van der Waals surface area contributed by atoms with Crippen LogP contribution in [0.15, 0.2) is 65.5 Å². The molecule has 0 saturated carbocycles. The van der Waals surface area contributed by atoms with Gasteiger partial charge in [-0.05, 0) is 24.6 Å². The van der Waals surface area contributed by atoms with Gasteiger partial charge in [-0.3, -0.25) is 0 Å². The van der Waals surface area contributed by atoms with E-state index in [1.165, 1.54) is 0 Å². The summed E-state index contributed by atoms with van der Waals surface area (Å²) in [5.41, 5.74) is 3.76. The van der Waals surface area contributed by atoms with E-state index in [2.05, 4.69) is 20.5 Å². The molecule has 1 N–H and O–H groups in total. The molecule has 4 rings (SSSR count). The van der Waals surface area contributed by atoms with Gasteiger partial charge in [0.1, 0.15) is 5.75 Å². The number of benzene rings is 2. The average molecular weight is 361 g/mol. The molecule has 2 heterocycles. The van der Waals surface area contributed by atoms with Crippen LogP contribution >= 0.6 is 0 Å². The minimum Gasteiger partial charge on any atom is -0.494 e. The summed E-state index contributed by atoms with van der Waals surface area (Å²) in [6.45, 7) is 1.95. The molecule has 0 amide bonds. The van der Waals surface area contributed by atoms with Gasteiger partial charge in [0.2, 0.25) is 5.89 Å². The number of ether oxygens (including phenoxy) is 1. The van der Waals surface area contributed by atoms with Crippen LogP contribution in [0, 0.1) is 6.92 Å². The molecule has 0 radical (unpaired) electrons. The summed E-state index contributed by atoms with van der Waals surface area (Å²) in [5.74, 6) is 1.27. The van der Waals surface area contributed by atoms with E-state index >= 15 is 0 Å². The number of rotatable bonds is 6. The Morgan fingerprint density at radius 1 is 1.11 bits per heavy atom. The van der Waals surface area contributed by atoms with Crippen molar-refractivity contribution in [2.45, 2.75) is 13.3 Å². The van der Waals surface area contributed by atoms with Gasteiger partial charge in [0, 0.05) is 18.0 Å². The van der Waals surface area contributed by atoms with Gasteiger partial charge in [-0.1, -0.05) is 35.4 Å². The highest BCUT2D eigenvalue weighted by Gasteiger charge is 2.10. The molecule has 0 aliphatic heterocycles. The molecule has 2 aromatic heterocycles. The number of nitrogens with zero attached hydrogens (tertiary/aromatic N) is 4. The molecule has 0 saturated heterocycles. The summed E-state index contributed by atoms with van der Waals surface area (Å²) in [7, 11) is 1.64. The quantitative estimate of drug-likeness (QED) is 0.561. The molecule has 0 aliphatic carbocycles. The Morgan fingerprint density at radius 2 is 1.96 bits per heavy atom. The predicted octanol–water partition coefficient (Wildman–Crippen LogP) is 3.91. The van der Waals surface area contributed by atoms with Gasteiger partial charge in [0.15, 0.2) is 0 Å². The molecule has 7 nitrogen and oxygen atoms in total. The third kappa shape index (κ3) is 3.82. The van der Waals surface area contributed by atoms with Crippen LogP contribution in [0.3, 0.4) is 0 Å². The third-order valence-electron chi connectivity index (χ3n) is 4.09. The SMILES string of the molecule is COc1cc(Nc2nnc(Cc3ccccc3)o2)ccc1-n1cnc(C)c1. The Hall–Kier alpha value is -3.61. The number of aryl methyl sites for hydroxylation is 1.